The van der Waals surface area contributed by atoms with Gasteiger partial charge in [0.2, 0.25) is 5.91 Å². The average molecular weight is 251 g/mol. The van der Waals surface area contributed by atoms with Crippen molar-refractivity contribution in [2.45, 2.75) is 25.9 Å². The number of carbonyl (C=O) groups excluding carboxylic acids is 1. The number of hydrogen-bond donors (Lipinski definition) is 2. The SMILES string of the molecule is CCCOCC(=O)NCC(O)Cc1ccccc1. The van der Waals surface area contributed by atoms with Gasteiger partial charge in [-0.15, -0.1) is 0 Å². The Hall–Kier alpha value is -1.39. The van der Waals surface area contributed by atoms with E-state index >= 15 is 0 Å². The zero-order valence-electron chi connectivity index (χ0n) is 10.8. The molecule has 0 fully saturated rings. The molecule has 0 heterocycles. The summed E-state index contributed by atoms with van der Waals surface area (Å²) >= 11 is 0. The summed E-state index contributed by atoms with van der Waals surface area (Å²) < 4.78 is 5.10. The average Bonchev–Trinajstić information content (AvgIpc) is 2.38. The third-order valence-corrected chi connectivity index (χ3v) is 2.43. The summed E-state index contributed by atoms with van der Waals surface area (Å²) in [4.78, 5) is 11.3. The molecule has 1 aromatic rings. The Labute approximate surface area is 108 Å². The maximum absolute atomic E-state index is 11.3. The number of aliphatic hydroxyl groups excluding tert-OH is 1. The molecular weight excluding hydrogens is 230 g/mol. The highest BCUT2D eigenvalue weighted by molar-refractivity contribution is 5.77. The van der Waals surface area contributed by atoms with Crippen LogP contribution in [0.2, 0.25) is 0 Å². The van der Waals surface area contributed by atoms with Gasteiger partial charge < -0.3 is 15.2 Å². The van der Waals surface area contributed by atoms with Gasteiger partial charge in [-0.2, -0.15) is 0 Å². The van der Waals surface area contributed by atoms with E-state index in [0.29, 0.717) is 13.0 Å². The van der Waals surface area contributed by atoms with Gasteiger partial charge in [0.25, 0.3) is 0 Å². The molecule has 2 N–H and O–H groups in total. The van der Waals surface area contributed by atoms with Crippen LogP contribution in [-0.2, 0) is 16.0 Å². The van der Waals surface area contributed by atoms with Crippen LogP contribution in [0.3, 0.4) is 0 Å². The molecule has 4 heteroatoms. The summed E-state index contributed by atoms with van der Waals surface area (Å²) in [5.41, 5.74) is 1.06. The standard InChI is InChI=1S/C14H21NO3/c1-2-8-18-11-14(17)15-10-13(16)9-12-6-4-3-5-7-12/h3-7,13,16H,2,8-11H2,1H3,(H,15,17). The van der Waals surface area contributed by atoms with E-state index in [9.17, 15) is 9.90 Å². The molecular formula is C14H21NO3. The molecule has 0 radical (unpaired) electrons. The zero-order valence-corrected chi connectivity index (χ0v) is 10.8. The minimum absolute atomic E-state index is 0.0614. The maximum Gasteiger partial charge on any atom is 0.246 e. The number of aliphatic hydroxyl groups is 1. The van der Waals surface area contributed by atoms with E-state index in [1.165, 1.54) is 0 Å². The summed E-state index contributed by atoms with van der Waals surface area (Å²) in [6.45, 7) is 2.89. The Kier molecular flexibility index (Phi) is 7.06. The lowest BCUT2D eigenvalue weighted by Gasteiger charge is -2.12. The van der Waals surface area contributed by atoms with E-state index in [0.717, 1.165) is 12.0 Å². The molecule has 100 valence electrons. The first-order valence-corrected chi connectivity index (χ1v) is 6.28. The van der Waals surface area contributed by atoms with E-state index in [1.54, 1.807) is 0 Å². The lowest BCUT2D eigenvalue weighted by atomic mass is 10.1. The summed E-state index contributed by atoms with van der Waals surface area (Å²) in [5.74, 6) is -0.185. The van der Waals surface area contributed by atoms with Gasteiger partial charge in [0.1, 0.15) is 6.61 Å². The van der Waals surface area contributed by atoms with E-state index in [-0.39, 0.29) is 19.1 Å². The van der Waals surface area contributed by atoms with Gasteiger partial charge >= 0.3 is 0 Å². The first kappa shape index (κ1) is 14.7. The van der Waals surface area contributed by atoms with E-state index in [4.69, 9.17) is 4.74 Å². The monoisotopic (exact) mass is 251 g/mol. The predicted octanol–water partition coefficient (Wildman–Crippen LogP) is 1.13. The van der Waals surface area contributed by atoms with Crippen LogP contribution in [0, 0.1) is 0 Å². The van der Waals surface area contributed by atoms with Crippen LogP contribution in [0.1, 0.15) is 18.9 Å². The van der Waals surface area contributed by atoms with Crippen molar-refractivity contribution in [3.63, 3.8) is 0 Å². The second kappa shape index (κ2) is 8.66. The topological polar surface area (TPSA) is 58.6 Å². The molecule has 1 unspecified atom stereocenters. The fourth-order valence-corrected chi connectivity index (χ4v) is 1.55. The number of ether oxygens (including phenoxy) is 1. The largest absolute Gasteiger partial charge is 0.391 e. The molecule has 0 bridgehead atoms. The van der Waals surface area contributed by atoms with Gasteiger partial charge in [0.15, 0.2) is 0 Å². The highest BCUT2D eigenvalue weighted by Gasteiger charge is 2.07. The van der Waals surface area contributed by atoms with Crippen molar-refractivity contribution < 1.29 is 14.6 Å². The first-order valence-electron chi connectivity index (χ1n) is 6.28. The van der Waals surface area contributed by atoms with Gasteiger partial charge in [-0.3, -0.25) is 4.79 Å². The van der Waals surface area contributed by atoms with Crippen molar-refractivity contribution >= 4 is 5.91 Å². The molecule has 0 saturated carbocycles. The van der Waals surface area contributed by atoms with Crippen LogP contribution in [0.15, 0.2) is 30.3 Å². The lowest BCUT2D eigenvalue weighted by molar-refractivity contribution is -0.126. The molecule has 1 rings (SSSR count). The molecule has 0 aliphatic rings. The maximum atomic E-state index is 11.3. The fourth-order valence-electron chi connectivity index (χ4n) is 1.55. The van der Waals surface area contributed by atoms with Crippen LogP contribution in [0.5, 0.6) is 0 Å². The Bertz CT molecular complexity index is 340. The van der Waals surface area contributed by atoms with Crippen molar-refractivity contribution in [1.29, 1.82) is 0 Å². The normalized spacial score (nSPS) is 12.1. The van der Waals surface area contributed by atoms with Crippen molar-refractivity contribution in [3.8, 4) is 0 Å². The molecule has 1 atom stereocenters. The molecule has 0 spiro atoms. The zero-order chi connectivity index (χ0) is 13.2. The third-order valence-electron chi connectivity index (χ3n) is 2.43. The predicted molar refractivity (Wildman–Crippen MR) is 70.3 cm³/mol. The molecule has 0 aliphatic heterocycles. The van der Waals surface area contributed by atoms with Gasteiger partial charge in [0, 0.05) is 19.6 Å². The fraction of sp³-hybridized carbons (Fsp3) is 0.500. The number of amides is 1. The molecule has 18 heavy (non-hydrogen) atoms. The van der Waals surface area contributed by atoms with Crippen molar-refractivity contribution in [2.24, 2.45) is 0 Å². The highest BCUT2D eigenvalue weighted by Crippen LogP contribution is 2.02. The van der Waals surface area contributed by atoms with Gasteiger partial charge in [0.05, 0.1) is 6.10 Å². The van der Waals surface area contributed by atoms with Crippen molar-refractivity contribution in [2.75, 3.05) is 19.8 Å². The van der Waals surface area contributed by atoms with Crippen LogP contribution < -0.4 is 5.32 Å². The number of carbonyl (C=O) groups is 1. The number of rotatable bonds is 8. The Balaban J connectivity index is 2.17. The minimum Gasteiger partial charge on any atom is -0.391 e. The second-order valence-corrected chi connectivity index (χ2v) is 4.20. The molecule has 4 nitrogen and oxygen atoms in total. The number of hydrogen-bond acceptors (Lipinski definition) is 3. The van der Waals surface area contributed by atoms with Gasteiger partial charge in [-0.25, -0.2) is 0 Å². The summed E-state index contributed by atoms with van der Waals surface area (Å²) in [6.07, 6.45) is 0.864. The minimum atomic E-state index is -0.567. The third kappa shape index (κ3) is 6.37. The molecule has 0 saturated heterocycles. The summed E-state index contributed by atoms with van der Waals surface area (Å²) in [5, 5.41) is 12.4. The summed E-state index contributed by atoms with van der Waals surface area (Å²) in [7, 11) is 0. The van der Waals surface area contributed by atoms with E-state index in [2.05, 4.69) is 5.32 Å². The van der Waals surface area contributed by atoms with Crippen LogP contribution in [0.25, 0.3) is 0 Å². The first-order chi connectivity index (χ1) is 8.72. The van der Waals surface area contributed by atoms with Crippen molar-refractivity contribution in [1.82, 2.24) is 5.32 Å². The quantitative estimate of drug-likeness (QED) is 0.681. The lowest BCUT2D eigenvalue weighted by Crippen LogP contribution is -2.35. The van der Waals surface area contributed by atoms with Gasteiger partial charge in [-0.05, 0) is 12.0 Å². The van der Waals surface area contributed by atoms with Crippen LogP contribution in [-0.4, -0.2) is 36.9 Å². The Morgan fingerprint density at radius 2 is 2.11 bits per heavy atom. The van der Waals surface area contributed by atoms with Crippen LogP contribution >= 0.6 is 0 Å². The Morgan fingerprint density at radius 1 is 1.39 bits per heavy atom. The van der Waals surface area contributed by atoms with Gasteiger partial charge in [-0.1, -0.05) is 37.3 Å². The summed E-state index contributed by atoms with van der Waals surface area (Å²) in [6, 6.07) is 9.70. The number of nitrogens with one attached hydrogen (secondary N) is 1. The molecule has 1 amide bonds. The highest BCUT2D eigenvalue weighted by atomic mass is 16.5. The van der Waals surface area contributed by atoms with Crippen LogP contribution in [0.4, 0.5) is 0 Å². The molecule has 0 aromatic heterocycles. The smallest absolute Gasteiger partial charge is 0.246 e. The number of benzene rings is 1. The Morgan fingerprint density at radius 3 is 2.78 bits per heavy atom. The van der Waals surface area contributed by atoms with E-state index in [1.807, 2.05) is 37.3 Å². The molecule has 1 aromatic carbocycles. The van der Waals surface area contributed by atoms with Crippen molar-refractivity contribution in [3.05, 3.63) is 35.9 Å². The van der Waals surface area contributed by atoms with E-state index < -0.39 is 6.10 Å². The second-order valence-electron chi connectivity index (χ2n) is 4.20. The molecule has 0 aliphatic carbocycles.